The summed E-state index contributed by atoms with van der Waals surface area (Å²) in [4.78, 5) is 24.5. The van der Waals surface area contributed by atoms with Crippen molar-refractivity contribution < 1.29 is 22.3 Å². The molecule has 7 nitrogen and oxygen atoms in total. The molecule has 0 aliphatic heterocycles. The third kappa shape index (κ3) is 6.31. The highest BCUT2D eigenvalue weighted by atomic mass is 32.2. The van der Waals surface area contributed by atoms with E-state index in [1.807, 2.05) is 6.07 Å². The van der Waals surface area contributed by atoms with Gasteiger partial charge in [-0.2, -0.15) is 23.4 Å². The molecule has 0 unspecified atom stereocenters. The van der Waals surface area contributed by atoms with Crippen LogP contribution in [0.2, 0.25) is 0 Å². The van der Waals surface area contributed by atoms with Crippen LogP contribution in [0, 0.1) is 17.1 Å². The third-order valence-electron chi connectivity index (χ3n) is 5.14. The van der Waals surface area contributed by atoms with Crippen molar-refractivity contribution in [2.45, 2.75) is 23.5 Å². The highest BCUT2D eigenvalue weighted by Gasteiger charge is 2.34. The molecule has 0 radical (unpaired) electrons. The van der Waals surface area contributed by atoms with Gasteiger partial charge in [-0.15, -0.1) is 0 Å². The number of halogens is 4. The van der Waals surface area contributed by atoms with Crippen LogP contribution >= 0.6 is 11.8 Å². The van der Waals surface area contributed by atoms with Gasteiger partial charge in [-0.05, 0) is 41.5 Å². The number of thioether (sulfide) groups is 1. The fourth-order valence-electron chi connectivity index (χ4n) is 3.38. The van der Waals surface area contributed by atoms with E-state index in [-0.39, 0.29) is 22.6 Å². The van der Waals surface area contributed by atoms with Gasteiger partial charge < -0.3 is 9.30 Å². The minimum atomic E-state index is -4.88. The molecule has 0 aliphatic carbocycles. The molecule has 0 spiro atoms. The standard InChI is InChI=1S/C25H17F4N5O2S/c1-34-12-18(7-16-10-31-14-32-11-16)23(35)33-24(34)37-13-15-2-5-22(17(6-15)9-30)36-19-3-4-21(26)20(8-19)25(27,28)29/h2-6,8,10-12,14H,7,13H2,1H3. The first-order chi connectivity index (χ1) is 17.6. The highest BCUT2D eigenvalue weighted by molar-refractivity contribution is 7.98. The molecule has 4 rings (SSSR count). The molecule has 188 valence electrons. The van der Waals surface area contributed by atoms with Crippen molar-refractivity contribution in [3.05, 3.63) is 105 Å². The molecule has 0 amide bonds. The summed E-state index contributed by atoms with van der Waals surface area (Å²) in [5, 5.41) is 9.98. The molecular weight excluding hydrogens is 510 g/mol. The van der Waals surface area contributed by atoms with Gasteiger partial charge in [0.15, 0.2) is 5.16 Å². The van der Waals surface area contributed by atoms with E-state index in [9.17, 15) is 27.6 Å². The Labute approximate surface area is 212 Å². The zero-order valence-electron chi connectivity index (χ0n) is 19.2. The summed E-state index contributed by atoms with van der Waals surface area (Å²) < 4.78 is 59.7. The molecule has 0 N–H and O–H groups in total. The molecule has 0 fully saturated rings. The van der Waals surface area contributed by atoms with Crippen molar-refractivity contribution in [1.29, 1.82) is 5.26 Å². The topological polar surface area (TPSA) is 93.7 Å². The predicted octanol–water partition coefficient (Wildman–Crippen LogP) is 5.28. The fourth-order valence-corrected chi connectivity index (χ4v) is 4.26. The van der Waals surface area contributed by atoms with Gasteiger partial charge in [0, 0.05) is 43.4 Å². The van der Waals surface area contributed by atoms with Crippen molar-refractivity contribution in [2.75, 3.05) is 0 Å². The number of ether oxygens (including phenoxy) is 1. The van der Waals surface area contributed by atoms with Gasteiger partial charge in [0.25, 0.3) is 5.56 Å². The highest BCUT2D eigenvalue weighted by Crippen LogP contribution is 2.35. The smallest absolute Gasteiger partial charge is 0.419 e. The van der Waals surface area contributed by atoms with Crippen molar-refractivity contribution in [2.24, 2.45) is 7.05 Å². The van der Waals surface area contributed by atoms with Gasteiger partial charge in [-0.25, -0.2) is 14.4 Å². The Kier molecular flexibility index (Phi) is 7.54. The number of hydrogen-bond donors (Lipinski definition) is 0. The number of aromatic nitrogens is 4. The summed E-state index contributed by atoms with van der Waals surface area (Å²) in [6.45, 7) is 0. The van der Waals surface area contributed by atoms with E-state index in [0.29, 0.717) is 40.6 Å². The average molecular weight is 528 g/mol. The van der Waals surface area contributed by atoms with Crippen LogP contribution in [0.25, 0.3) is 0 Å². The largest absolute Gasteiger partial charge is 0.456 e. The molecule has 37 heavy (non-hydrogen) atoms. The van der Waals surface area contributed by atoms with Crippen LogP contribution in [-0.4, -0.2) is 19.5 Å². The van der Waals surface area contributed by atoms with Crippen molar-refractivity contribution in [3.63, 3.8) is 0 Å². The van der Waals surface area contributed by atoms with Gasteiger partial charge in [-0.3, -0.25) is 4.79 Å². The zero-order chi connectivity index (χ0) is 26.6. The maximum Gasteiger partial charge on any atom is 0.419 e. The Morgan fingerprint density at radius 1 is 1.11 bits per heavy atom. The number of nitriles is 1. The second-order valence-electron chi connectivity index (χ2n) is 7.86. The Morgan fingerprint density at radius 2 is 1.86 bits per heavy atom. The summed E-state index contributed by atoms with van der Waals surface area (Å²) in [6, 6.07) is 8.81. The lowest BCUT2D eigenvalue weighted by Gasteiger charge is -2.13. The summed E-state index contributed by atoms with van der Waals surface area (Å²) in [6.07, 6.45) is 1.81. The van der Waals surface area contributed by atoms with Crippen LogP contribution in [0.1, 0.15) is 27.8 Å². The normalized spacial score (nSPS) is 11.2. The van der Waals surface area contributed by atoms with Gasteiger partial charge in [-0.1, -0.05) is 17.8 Å². The minimum Gasteiger partial charge on any atom is -0.456 e. The van der Waals surface area contributed by atoms with Gasteiger partial charge in [0.1, 0.15) is 29.7 Å². The minimum absolute atomic E-state index is 0.0238. The lowest BCUT2D eigenvalue weighted by molar-refractivity contribution is -0.140. The Hall–Kier alpha value is -4.24. The molecule has 2 heterocycles. The van der Waals surface area contributed by atoms with Crippen LogP contribution in [0.5, 0.6) is 11.5 Å². The maximum atomic E-state index is 13.5. The van der Waals surface area contributed by atoms with Crippen LogP contribution in [0.15, 0.2) is 71.3 Å². The Morgan fingerprint density at radius 3 is 2.57 bits per heavy atom. The molecule has 0 atom stereocenters. The number of aryl methyl sites for hydroxylation is 1. The molecule has 2 aromatic heterocycles. The maximum absolute atomic E-state index is 13.5. The number of hydrogen-bond acceptors (Lipinski definition) is 7. The van der Waals surface area contributed by atoms with E-state index in [2.05, 4.69) is 15.0 Å². The Bertz CT molecular complexity index is 1540. The number of alkyl halides is 3. The van der Waals surface area contributed by atoms with E-state index in [1.165, 1.54) is 30.2 Å². The molecule has 4 aromatic rings. The first-order valence-electron chi connectivity index (χ1n) is 10.6. The zero-order valence-corrected chi connectivity index (χ0v) is 20.0. The van der Waals surface area contributed by atoms with Crippen molar-refractivity contribution in [3.8, 4) is 17.6 Å². The monoisotopic (exact) mass is 527 g/mol. The molecule has 0 saturated heterocycles. The number of rotatable bonds is 7. The second-order valence-corrected chi connectivity index (χ2v) is 8.80. The van der Waals surface area contributed by atoms with Gasteiger partial charge >= 0.3 is 6.18 Å². The summed E-state index contributed by atoms with van der Waals surface area (Å²) >= 11 is 1.27. The number of nitrogens with zero attached hydrogens (tertiary/aromatic N) is 5. The van der Waals surface area contributed by atoms with Crippen molar-refractivity contribution >= 4 is 11.8 Å². The van der Waals surface area contributed by atoms with E-state index in [4.69, 9.17) is 4.74 Å². The molecule has 0 saturated carbocycles. The molecule has 0 aliphatic rings. The van der Waals surface area contributed by atoms with E-state index in [1.54, 1.807) is 36.3 Å². The van der Waals surface area contributed by atoms with E-state index >= 15 is 0 Å². The summed E-state index contributed by atoms with van der Waals surface area (Å²) in [5.41, 5.74) is 0.219. The number of benzene rings is 2. The van der Waals surface area contributed by atoms with E-state index < -0.39 is 17.6 Å². The van der Waals surface area contributed by atoms with Gasteiger partial charge in [0.2, 0.25) is 0 Å². The average Bonchev–Trinajstić information content (AvgIpc) is 2.87. The van der Waals surface area contributed by atoms with Crippen LogP contribution in [0.4, 0.5) is 17.6 Å². The molecule has 2 aromatic carbocycles. The molecule has 0 bridgehead atoms. The second kappa shape index (κ2) is 10.8. The van der Waals surface area contributed by atoms with Crippen LogP contribution in [-0.2, 0) is 25.4 Å². The van der Waals surface area contributed by atoms with Crippen molar-refractivity contribution in [1.82, 2.24) is 19.5 Å². The molecular formula is C25H17F4N5O2S. The SMILES string of the molecule is Cn1cc(Cc2cncnc2)c(=O)nc1SCc1ccc(Oc2ccc(F)c(C(F)(F)F)c2)c(C#N)c1. The van der Waals surface area contributed by atoms with Crippen LogP contribution < -0.4 is 10.3 Å². The van der Waals surface area contributed by atoms with E-state index in [0.717, 1.165) is 11.6 Å². The summed E-state index contributed by atoms with van der Waals surface area (Å²) in [7, 11) is 1.76. The quantitative estimate of drug-likeness (QED) is 0.184. The molecule has 12 heteroatoms. The Balaban J connectivity index is 1.48. The van der Waals surface area contributed by atoms with Crippen LogP contribution in [0.3, 0.4) is 0 Å². The first kappa shape index (κ1) is 25.8. The van der Waals surface area contributed by atoms with Gasteiger partial charge in [0.05, 0.1) is 11.1 Å². The third-order valence-corrected chi connectivity index (χ3v) is 6.25. The lowest BCUT2D eigenvalue weighted by Crippen LogP contribution is -2.18. The predicted molar refractivity (Wildman–Crippen MR) is 127 cm³/mol. The lowest BCUT2D eigenvalue weighted by atomic mass is 10.1. The fraction of sp³-hybridized carbons (Fsp3) is 0.160. The first-order valence-corrected chi connectivity index (χ1v) is 11.6. The summed E-state index contributed by atoms with van der Waals surface area (Å²) in [5.74, 6) is -1.29.